The van der Waals surface area contributed by atoms with Crippen molar-refractivity contribution in [3.05, 3.63) is 51.3 Å². The number of nitrogens with zero attached hydrogens (tertiary/aromatic N) is 1. The van der Waals surface area contributed by atoms with Crippen LogP contribution >= 0.6 is 34.2 Å². The first-order valence-electron chi connectivity index (χ1n) is 4.89. The molecule has 0 saturated carbocycles. The molecule has 1 aromatic carbocycles. The summed E-state index contributed by atoms with van der Waals surface area (Å²) in [6.45, 7) is 0. The predicted octanol–water partition coefficient (Wildman–Crippen LogP) is 3.14. The number of anilines is 1. The van der Waals surface area contributed by atoms with Gasteiger partial charge in [-0.25, -0.2) is 13.4 Å². The van der Waals surface area contributed by atoms with Crippen LogP contribution in [0.15, 0.2) is 47.4 Å². The van der Waals surface area contributed by atoms with Crippen molar-refractivity contribution in [3.8, 4) is 0 Å². The standard InChI is InChI=1S/C11H8ClIN2O2S/c12-10-7-6-9(11(13)14-10)15-18(16,17)8-4-2-1-3-5-8/h1-7,15H. The zero-order chi connectivity index (χ0) is 13.2. The highest BCUT2D eigenvalue weighted by molar-refractivity contribution is 14.1. The number of hydrogen-bond donors (Lipinski definition) is 1. The first kappa shape index (κ1) is 13.6. The molecule has 0 unspecified atom stereocenters. The first-order chi connectivity index (χ1) is 8.49. The summed E-state index contributed by atoms with van der Waals surface area (Å²) in [6.07, 6.45) is 0. The Morgan fingerprint density at radius 2 is 1.78 bits per heavy atom. The summed E-state index contributed by atoms with van der Waals surface area (Å²) in [5.74, 6) is 0. The highest BCUT2D eigenvalue weighted by Crippen LogP contribution is 2.21. The van der Waals surface area contributed by atoms with Crippen LogP contribution in [0.25, 0.3) is 0 Å². The topological polar surface area (TPSA) is 59.1 Å². The molecule has 0 spiro atoms. The lowest BCUT2D eigenvalue weighted by atomic mass is 10.4. The van der Waals surface area contributed by atoms with Crippen LogP contribution in [0.2, 0.25) is 5.15 Å². The van der Waals surface area contributed by atoms with Gasteiger partial charge in [0.15, 0.2) is 0 Å². The van der Waals surface area contributed by atoms with Crippen molar-refractivity contribution in [2.75, 3.05) is 4.72 Å². The Kier molecular flexibility index (Phi) is 4.08. The number of benzene rings is 1. The van der Waals surface area contributed by atoms with E-state index >= 15 is 0 Å². The summed E-state index contributed by atoms with van der Waals surface area (Å²) in [5, 5.41) is 0.321. The van der Waals surface area contributed by atoms with E-state index < -0.39 is 10.0 Å². The average Bonchev–Trinajstić information content (AvgIpc) is 2.34. The second-order valence-electron chi connectivity index (χ2n) is 3.39. The van der Waals surface area contributed by atoms with E-state index in [1.54, 1.807) is 24.3 Å². The van der Waals surface area contributed by atoms with Crippen molar-refractivity contribution in [3.63, 3.8) is 0 Å². The third-order valence-corrected chi connectivity index (χ3v) is 4.53. The normalized spacial score (nSPS) is 11.2. The maximum absolute atomic E-state index is 12.1. The molecule has 0 atom stereocenters. The molecule has 2 rings (SSSR count). The summed E-state index contributed by atoms with van der Waals surface area (Å²) in [5.41, 5.74) is 0.406. The van der Waals surface area contributed by atoms with Crippen LogP contribution in [0.3, 0.4) is 0 Å². The summed E-state index contributed by atoms with van der Waals surface area (Å²) < 4.78 is 27.1. The molecule has 0 amide bonds. The smallest absolute Gasteiger partial charge is 0.261 e. The van der Waals surface area contributed by atoms with Gasteiger partial charge in [-0.1, -0.05) is 29.8 Å². The lowest BCUT2D eigenvalue weighted by molar-refractivity contribution is 0.601. The number of halogens is 2. The highest BCUT2D eigenvalue weighted by Gasteiger charge is 2.15. The quantitative estimate of drug-likeness (QED) is 0.643. The van der Waals surface area contributed by atoms with Gasteiger partial charge in [-0.15, -0.1) is 0 Å². The van der Waals surface area contributed by atoms with Crippen molar-refractivity contribution in [2.24, 2.45) is 0 Å². The molecule has 2 aromatic rings. The fourth-order valence-electron chi connectivity index (χ4n) is 1.29. The van der Waals surface area contributed by atoms with Crippen molar-refractivity contribution >= 4 is 49.9 Å². The van der Waals surface area contributed by atoms with E-state index in [4.69, 9.17) is 11.6 Å². The molecule has 1 N–H and O–H groups in total. The number of hydrogen-bond acceptors (Lipinski definition) is 3. The third kappa shape index (κ3) is 3.12. The molecule has 0 saturated heterocycles. The third-order valence-electron chi connectivity index (χ3n) is 2.11. The molecule has 7 heteroatoms. The highest BCUT2D eigenvalue weighted by atomic mass is 127. The van der Waals surface area contributed by atoms with Gasteiger partial charge in [0.2, 0.25) is 0 Å². The molecule has 0 fully saturated rings. The van der Waals surface area contributed by atoms with Crippen LogP contribution in [-0.4, -0.2) is 13.4 Å². The Labute approximate surface area is 124 Å². The molecule has 94 valence electrons. The van der Waals surface area contributed by atoms with Crippen LogP contribution in [0.5, 0.6) is 0 Å². The molecule has 1 aromatic heterocycles. The lowest BCUT2D eigenvalue weighted by Gasteiger charge is -2.09. The summed E-state index contributed by atoms with van der Waals surface area (Å²) in [6, 6.07) is 11.3. The van der Waals surface area contributed by atoms with Crippen molar-refractivity contribution in [1.82, 2.24) is 4.98 Å². The summed E-state index contributed by atoms with van der Waals surface area (Å²) in [4.78, 5) is 4.18. The zero-order valence-electron chi connectivity index (χ0n) is 8.97. The molecule has 4 nitrogen and oxygen atoms in total. The Hall–Kier alpha value is -0.860. The Balaban J connectivity index is 2.34. The van der Waals surface area contributed by atoms with Crippen molar-refractivity contribution in [2.45, 2.75) is 4.90 Å². The number of aromatic nitrogens is 1. The number of pyridine rings is 1. The van der Waals surface area contributed by atoms with E-state index in [0.717, 1.165) is 0 Å². The van der Waals surface area contributed by atoms with Gasteiger partial charge in [0, 0.05) is 0 Å². The molecular weight excluding hydrogens is 387 g/mol. The number of nitrogens with one attached hydrogen (secondary N) is 1. The van der Waals surface area contributed by atoms with E-state index in [1.165, 1.54) is 18.2 Å². The predicted molar refractivity (Wildman–Crippen MR) is 79.2 cm³/mol. The monoisotopic (exact) mass is 394 g/mol. The fraction of sp³-hybridized carbons (Fsp3) is 0. The maximum atomic E-state index is 12.1. The van der Waals surface area contributed by atoms with Crippen LogP contribution in [0, 0.1) is 3.70 Å². The molecular formula is C11H8ClIN2O2S. The average molecular weight is 395 g/mol. The Bertz CT molecular complexity index is 662. The minimum absolute atomic E-state index is 0.204. The van der Waals surface area contributed by atoms with Gasteiger partial charge >= 0.3 is 0 Å². The van der Waals surface area contributed by atoms with Crippen molar-refractivity contribution in [1.29, 1.82) is 0 Å². The number of rotatable bonds is 3. The minimum Gasteiger partial charge on any atom is -0.277 e. The zero-order valence-corrected chi connectivity index (χ0v) is 12.7. The largest absolute Gasteiger partial charge is 0.277 e. The van der Waals surface area contributed by atoms with E-state index in [9.17, 15) is 8.42 Å². The maximum Gasteiger partial charge on any atom is 0.261 e. The van der Waals surface area contributed by atoms with E-state index in [1.807, 2.05) is 22.6 Å². The molecule has 0 aliphatic rings. The Morgan fingerprint density at radius 3 is 2.39 bits per heavy atom. The molecule has 0 aliphatic carbocycles. The summed E-state index contributed by atoms with van der Waals surface area (Å²) in [7, 11) is -3.59. The molecule has 0 bridgehead atoms. The molecule has 0 radical (unpaired) electrons. The SMILES string of the molecule is O=S(=O)(Nc1ccc(Cl)nc1I)c1ccccc1. The Morgan fingerprint density at radius 1 is 1.11 bits per heavy atom. The van der Waals surface area contributed by atoms with E-state index in [-0.39, 0.29) is 4.90 Å². The van der Waals surface area contributed by atoms with Gasteiger partial charge in [-0.05, 0) is 46.9 Å². The van der Waals surface area contributed by atoms with Crippen LogP contribution in [0.4, 0.5) is 5.69 Å². The minimum atomic E-state index is -3.59. The van der Waals surface area contributed by atoms with E-state index in [2.05, 4.69) is 9.71 Å². The van der Waals surface area contributed by atoms with Crippen LogP contribution < -0.4 is 4.72 Å². The van der Waals surface area contributed by atoms with Gasteiger partial charge in [0.1, 0.15) is 8.85 Å². The molecule has 0 aliphatic heterocycles. The second-order valence-corrected chi connectivity index (χ2v) is 6.48. The lowest BCUT2D eigenvalue weighted by Crippen LogP contribution is -2.14. The van der Waals surface area contributed by atoms with Gasteiger partial charge in [0.25, 0.3) is 10.0 Å². The van der Waals surface area contributed by atoms with Gasteiger partial charge in [-0.2, -0.15) is 0 Å². The van der Waals surface area contributed by atoms with Crippen LogP contribution in [0.1, 0.15) is 0 Å². The number of sulfonamides is 1. The van der Waals surface area contributed by atoms with Crippen molar-refractivity contribution < 1.29 is 8.42 Å². The van der Waals surface area contributed by atoms with Gasteiger partial charge in [0.05, 0.1) is 10.6 Å². The van der Waals surface area contributed by atoms with E-state index in [0.29, 0.717) is 14.5 Å². The van der Waals surface area contributed by atoms with Gasteiger partial charge < -0.3 is 0 Å². The fourth-order valence-corrected chi connectivity index (χ4v) is 3.43. The first-order valence-corrected chi connectivity index (χ1v) is 7.83. The molecule has 1 heterocycles. The summed E-state index contributed by atoms with van der Waals surface area (Å²) >= 11 is 7.63. The second kappa shape index (κ2) is 5.41. The molecule has 18 heavy (non-hydrogen) atoms. The van der Waals surface area contributed by atoms with Crippen LogP contribution in [-0.2, 0) is 10.0 Å². The van der Waals surface area contributed by atoms with Gasteiger partial charge in [-0.3, -0.25) is 4.72 Å².